The number of carboxylic acids is 1. The first-order valence-corrected chi connectivity index (χ1v) is 7.26. The van der Waals surface area contributed by atoms with Gasteiger partial charge in [0.15, 0.2) is 6.61 Å². The van der Waals surface area contributed by atoms with Crippen molar-refractivity contribution in [3.05, 3.63) is 29.3 Å². The quantitative estimate of drug-likeness (QED) is 0.869. The van der Waals surface area contributed by atoms with E-state index in [1.54, 1.807) is 7.05 Å². The SMILES string of the molecule is CN(CCC(=O)O)C(=O)COc1ccc2c(c1)CCCC2. The predicted octanol–water partition coefficient (Wildman–Crippen LogP) is 1.88. The molecule has 1 aliphatic carbocycles. The normalized spacial score (nSPS) is 13.4. The van der Waals surface area contributed by atoms with Crippen molar-refractivity contribution >= 4 is 11.9 Å². The van der Waals surface area contributed by atoms with Gasteiger partial charge in [-0.2, -0.15) is 0 Å². The highest BCUT2D eigenvalue weighted by Gasteiger charge is 2.13. The number of nitrogens with zero attached hydrogens (tertiary/aromatic N) is 1. The Hall–Kier alpha value is -2.04. The number of fused-ring (bicyclic) bond motifs is 1. The molecule has 0 saturated carbocycles. The van der Waals surface area contributed by atoms with Crippen molar-refractivity contribution in [1.29, 1.82) is 0 Å². The van der Waals surface area contributed by atoms with Gasteiger partial charge in [0.2, 0.25) is 0 Å². The maximum atomic E-state index is 11.8. The van der Waals surface area contributed by atoms with E-state index in [1.807, 2.05) is 12.1 Å². The van der Waals surface area contributed by atoms with Crippen LogP contribution in [0, 0.1) is 0 Å². The van der Waals surface area contributed by atoms with Gasteiger partial charge in [-0.15, -0.1) is 0 Å². The zero-order valence-electron chi connectivity index (χ0n) is 12.3. The number of aryl methyl sites for hydroxylation is 2. The summed E-state index contributed by atoms with van der Waals surface area (Å²) < 4.78 is 5.52. The highest BCUT2D eigenvalue weighted by atomic mass is 16.5. The van der Waals surface area contributed by atoms with Gasteiger partial charge >= 0.3 is 5.97 Å². The smallest absolute Gasteiger partial charge is 0.305 e. The average Bonchev–Trinajstić information content (AvgIpc) is 2.49. The first-order valence-electron chi connectivity index (χ1n) is 7.26. The molecule has 0 heterocycles. The lowest BCUT2D eigenvalue weighted by Crippen LogP contribution is -2.33. The molecule has 1 aromatic rings. The van der Waals surface area contributed by atoms with Gasteiger partial charge in [0.25, 0.3) is 5.91 Å². The molecule has 2 rings (SSSR count). The molecule has 1 N–H and O–H groups in total. The zero-order valence-corrected chi connectivity index (χ0v) is 12.3. The Morgan fingerprint density at radius 3 is 2.67 bits per heavy atom. The Morgan fingerprint density at radius 2 is 1.95 bits per heavy atom. The minimum Gasteiger partial charge on any atom is -0.484 e. The Kier molecular flexibility index (Phi) is 5.20. The number of hydrogen-bond acceptors (Lipinski definition) is 3. The van der Waals surface area contributed by atoms with E-state index >= 15 is 0 Å². The van der Waals surface area contributed by atoms with Gasteiger partial charge in [-0.25, -0.2) is 0 Å². The van der Waals surface area contributed by atoms with Crippen molar-refractivity contribution in [2.75, 3.05) is 20.2 Å². The third-order valence-corrected chi connectivity index (χ3v) is 3.77. The summed E-state index contributed by atoms with van der Waals surface area (Å²) in [5, 5.41) is 8.60. The monoisotopic (exact) mass is 291 g/mol. The number of likely N-dealkylation sites (N-methyl/N-ethyl adjacent to an activating group) is 1. The van der Waals surface area contributed by atoms with E-state index in [0.717, 1.165) is 12.8 Å². The third kappa shape index (κ3) is 4.48. The lowest BCUT2D eigenvalue weighted by atomic mass is 9.92. The number of benzene rings is 1. The molecule has 0 saturated heterocycles. The first-order chi connectivity index (χ1) is 10.1. The van der Waals surface area contributed by atoms with Crippen molar-refractivity contribution in [3.8, 4) is 5.75 Å². The lowest BCUT2D eigenvalue weighted by Gasteiger charge is -2.18. The van der Waals surface area contributed by atoms with Gasteiger partial charge < -0.3 is 14.7 Å². The second kappa shape index (κ2) is 7.11. The van der Waals surface area contributed by atoms with Crippen LogP contribution in [0.2, 0.25) is 0 Å². The summed E-state index contributed by atoms with van der Waals surface area (Å²) in [7, 11) is 1.58. The van der Waals surface area contributed by atoms with Gasteiger partial charge in [-0.1, -0.05) is 6.07 Å². The van der Waals surface area contributed by atoms with Crippen LogP contribution in [0.15, 0.2) is 18.2 Å². The second-order valence-corrected chi connectivity index (χ2v) is 5.39. The molecule has 0 aliphatic heterocycles. The molecule has 0 radical (unpaired) electrons. The number of aliphatic carboxylic acids is 1. The molecule has 0 aromatic heterocycles. The van der Waals surface area contributed by atoms with Crippen LogP contribution in [0.3, 0.4) is 0 Å². The maximum absolute atomic E-state index is 11.8. The number of rotatable bonds is 6. The van der Waals surface area contributed by atoms with Crippen LogP contribution in [0.5, 0.6) is 5.75 Å². The molecule has 5 nitrogen and oxygen atoms in total. The van der Waals surface area contributed by atoms with Crippen LogP contribution in [0.1, 0.15) is 30.4 Å². The Bertz CT molecular complexity index is 527. The standard InChI is InChI=1S/C16H21NO4/c1-17(9-8-16(19)20)15(18)11-21-14-7-6-12-4-2-3-5-13(12)10-14/h6-7,10H,2-5,8-9,11H2,1H3,(H,19,20). The van der Waals surface area contributed by atoms with Crippen molar-refractivity contribution in [2.45, 2.75) is 32.1 Å². The summed E-state index contributed by atoms with van der Waals surface area (Å²) in [6.45, 7) is 0.136. The lowest BCUT2D eigenvalue weighted by molar-refractivity contribution is -0.138. The maximum Gasteiger partial charge on any atom is 0.305 e. The van der Waals surface area contributed by atoms with Crippen LogP contribution in [-0.2, 0) is 22.4 Å². The number of hydrogen-bond donors (Lipinski definition) is 1. The highest BCUT2D eigenvalue weighted by molar-refractivity contribution is 5.78. The van der Waals surface area contributed by atoms with Crippen LogP contribution in [0.25, 0.3) is 0 Å². The van der Waals surface area contributed by atoms with E-state index in [0.29, 0.717) is 5.75 Å². The first kappa shape index (κ1) is 15.4. The molecule has 1 amide bonds. The molecule has 0 bridgehead atoms. The van der Waals surface area contributed by atoms with Crippen LogP contribution < -0.4 is 4.74 Å². The highest BCUT2D eigenvalue weighted by Crippen LogP contribution is 2.25. The fraction of sp³-hybridized carbons (Fsp3) is 0.500. The van der Waals surface area contributed by atoms with Gasteiger partial charge in [0.05, 0.1) is 6.42 Å². The Balaban J connectivity index is 1.85. The van der Waals surface area contributed by atoms with Gasteiger partial charge in [0.1, 0.15) is 5.75 Å². The topological polar surface area (TPSA) is 66.8 Å². The van der Waals surface area contributed by atoms with E-state index in [2.05, 4.69) is 6.07 Å². The molecule has 0 atom stereocenters. The second-order valence-electron chi connectivity index (χ2n) is 5.39. The van der Waals surface area contributed by atoms with Gasteiger partial charge in [-0.3, -0.25) is 9.59 Å². The molecule has 0 spiro atoms. The van der Waals surface area contributed by atoms with Crippen LogP contribution >= 0.6 is 0 Å². The summed E-state index contributed by atoms with van der Waals surface area (Å²) in [6.07, 6.45) is 4.57. The fourth-order valence-corrected chi connectivity index (χ4v) is 2.44. The van der Waals surface area contributed by atoms with Crippen molar-refractivity contribution in [1.82, 2.24) is 4.90 Å². The number of carbonyl (C=O) groups is 2. The van der Waals surface area contributed by atoms with Crippen LogP contribution in [-0.4, -0.2) is 42.1 Å². The van der Waals surface area contributed by atoms with Crippen molar-refractivity contribution in [2.24, 2.45) is 0 Å². The Labute approximate surface area is 124 Å². The van der Waals surface area contributed by atoms with E-state index in [4.69, 9.17) is 9.84 Å². The fourth-order valence-electron chi connectivity index (χ4n) is 2.44. The molecule has 5 heteroatoms. The summed E-state index contributed by atoms with van der Waals surface area (Å²) in [6, 6.07) is 5.98. The van der Waals surface area contributed by atoms with E-state index in [9.17, 15) is 9.59 Å². The molecule has 1 aliphatic rings. The van der Waals surface area contributed by atoms with Gasteiger partial charge in [-0.05, 0) is 48.9 Å². The number of ether oxygens (including phenoxy) is 1. The number of carbonyl (C=O) groups excluding carboxylic acids is 1. The molecule has 0 fully saturated rings. The number of amides is 1. The molecule has 0 unspecified atom stereocenters. The zero-order chi connectivity index (χ0) is 15.2. The van der Waals surface area contributed by atoms with E-state index in [1.165, 1.54) is 28.9 Å². The number of carboxylic acid groups (broad SMARTS) is 1. The molecule has 21 heavy (non-hydrogen) atoms. The molecular formula is C16H21NO4. The summed E-state index contributed by atoms with van der Waals surface area (Å²) in [4.78, 5) is 23.7. The molecule has 114 valence electrons. The van der Waals surface area contributed by atoms with Crippen molar-refractivity contribution in [3.63, 3.8) is 0 Å². The summed E-state index contributed by atoms with van der Waals surface area (Å²) in [5.41, 5.74) is 2.68. The Morgan fingerprint density at radius 1 is 1.24 bits per heavy atom. The van der Waals surface area contributed by atoms with Gasteiger partial charge in [0, 0.05) is 13.6 Å². The van der Waals surface area contributed by atoms with Crippen LogP contribution in [0.4, 0.5) is 0 Å². The average molecular weight is 291 g/mol. The molecular weight excluding hydrogens is 270 g/mol. The minimum absolute atomic E-state index is 0.0545. The largest absolute Gasteiger partial charge is 0.484 e. The minimum atomic E-state index is -0.912. The van der Waals surface area contributed by atoms with Crippen molar-refractivity contribution < 1.29 is 19.4 Å². The van der Waals surface area contributed by atoms with E-state index in [-0.39, 0.29) is 25.5 Å². The van der Waals surface area contributed by atoms with E-state index < -0.39 is 5.97 Å². The predicted molar refractivity (Wildman–Crippen MR) is 78.5 cm³/mol. The molecule has 1 aromatic carbocycles. The third-order valence-electron chi connectivity index (χ3n) is 3.77. The summed E-state index contributed by atoms with van der Waals surface area (Å²) in [5.74, 6) is -0.421. The summed E-state index contributed by atoms with van der Waals surface area (Å²) >= 11 is 0.